The highest BCUT2D eigenvalue weighted by Gasteiger charge is 2.10. The number of ether oxygens (including phenoxy) is 1. The number of piperidine rings is 1. The molecule has 1 fully saturated rings. The number of likely N-dealkylation sites (tertiary alicyclic amines) is 1. The Bertz CT molecular complexity index is 703. The maximum atomic E-state index is 12.5. The first-order valence-corrected chi connectivity index (χ1v) is 8.61. The maximum Gasteiger partial charge on any atom is 0.293 e. The number of nitrogens with zero attached hydrogens (tertiary/aromatic N) is 2. The van der Waals surface area contributed by atoms with Crippen molar-refractivity contribution >= 4 is 5.69 Å². The lowest BCUT2D eigenvalue weighted by atomic mass is 10.1. The molecule has 0 saturated carbocycles. The zero-order valence-electron chi connectivity index (χ0n) is 14.0. The minimum atomic E-state index is -0.0898. The van der Waals surface area contributed by atoms with Crippen LogP contribution in [0.4, 0.5) is 5.69 Å². The van der Waals surface area contributed by atoms with Crippen molar-refractivity contribution in [2.45, 2.75) is 25.8 Å². The number of benzene rings is 1. The summed E-state index contributed by atoms with van der Waals surface area (Å²) in [4.78, 5) is 14.9. The van der Waals surface area contributed by atoms with Crippen molar-refractivity contribution in [3.63, 3.8) is 0 Å². The Hall–Kier alpha value is -2.27. The van der Waals surface area contributed by atoms with Gasteiger partial charge in [-0.05, 0) is 55.8 Å². The molecule has 0 amide bonds. The van der Waals surface area contributed by atoms with Crippen molar-refractivity contribution in [2.24, 2.45) is 0 Å². The molecule has 1 aromatic heterocycles. The Balaban J connectivity index is 1.60. The van der Waals surface area contributed by atoms with Crippen LogP contribution in [0.2, 0.25) is 0 Å². The van der Waals surface area contributed by atoms with E-state index in [9.17, 15) is 4.79 Å². The van der Waals surface area contributed by atoms with Gasteiger partial charge >= 0.3 is 0 Å². The van der Waals surface area contributed by atoms with Gasteiger partial charge in [-0.15, -0.1) is 0 Å². The van der Waals surface area contributed by atoms with Crippen LogP contribution < -0.4 is 16.0 Å². The molecule has 24 heavy (non-hydrogen) atoms. The normalized spacial score (nSPS) is 15.3. The van der Waals surface area contributed by atoms with Gasteiger partial charge in [0.05, 0.1) is 6.54 Å². The molecule has 5 nitrogen and oxygen atoms in total. The molecule has 1 saturated heterocycles. The van der Waals surface area contributed by atoms with Crippen LogP contribution in [0.1, 0.15) is 24.8 Å². The van der Waals surface area contributed by atoms with Crippen molar-refractivity contribution in [1.29, 1.82) is 0 Å². The van der Waals surface area contributed by atoms with E-state index in [0.717, 1.165) is 30.9 Å². The molecule has 0 unspecified atom stereocenters. The fraction of sp³-hybridized carbons (Fsp3) is 0.421. The summed E-state index contributed by atoms with van der Waals surface area (Å²) in [6.45, 7) is 4.23. The van der Waals surface area contributed by atoms with E-state index in [1.165, 1.54) is 19.3 Å². The number of nitrogen functional groups attached to an aromatic ring is 1. The van der Waals surface area contributed by atoms with Gasteiger partial charge in [0, 0.05) is 18.4 Å². The third kappa shape index (κ3) is 4.38. The lowest BCUT2D eigenvalue weighted by Crippen LogP contribution is -2.34. The van der Waals surface area contributed by atoms with Gasteiger partial charge in [0.15, 0.2) is 5.75 Å². The summed E-state index contributed by atoms with van der Waals surface area (Å²) in [5.74, 6) is 0.421. The molecular weight excluding hydrogens is 302 g/mol. The first-order chi connectivity index (χ1) is 11.7. The van der Waals surface area contributed by atoms with Crippen LogP contribution in [0, 0.1) is 0 Å². The quantitative estimate of drug-likeness (QED) is 0.827. The molecule has 0 atom stereocenters. The molecule has 0 radical (unpaired) electrons. The highest BCUT2D eigenvalue weighted by molar-refractivity contribution is 5.39. The van der Waals surface area contributed by atoms with Gasteiger partial charge in [-0.2, -0.15) is 0 Å². The van der Waals surface area contributed by atoms with Gasteiger partial charge in [0.1, 0.15) is 6.61 Å². The van der Waals surface area contributed by atoms with Gasteiger partial charge in [-0.25, -0.2) is 0 Å². The molecule has 1 aliphatic rings. The van der Waals surface area contributed by atoms with E-state index in [1.807, 2.05) is 30.3 Å². The highest BCUT2D eigenvalue weighted by Crippen LogP contribution is 2.10. The molecule has 1 aliphatic heterocycles. The number of rotatable bonds is 6. The molecule has 2 N–H and O–H groups in total. The first kappa shape index (κ1) is 16.6. The van der Waals surface area contributed by atoms with Crippen molar-refractivity contribution in [2.75, 3.05) is 32.0 Å². The van der Waals surface area contributed by atoms with E-state index in [1.54, 1.807) is 16.8 Å². The Morgan fingerprint density at radius 1 is 1.04 bits per heavy atom. The highest BCUT2D eigenvalue weighted by atomic mass is 16.5. The average molecular weight is 327 g/mol. The summed E-state index contributed by atoms with van der Waals surface area (Å²) in [5, 5.41) is 0. The summed E-state index contributed by atoms with van der Waals surface area (Å²) in [6, 6.07) is 11.2. The Kier molecular flexibility index (Phi) is 5.54. The molecule has 2 aromatic rings. The number of anilines is 1. The van der Waals surface area contributed by atoms with Crippen LogP contribution in [0.25, 0.3) is 0 Å². The molecule has 128 valence electrons. The molecule has 0 bridgehead atoms. The number of hydrogen-bond donors (Lipinski definition) is 1. The first-order valence-electron chi connectivity index (χ1n) is 8.61. The maximum absolute atomic E-state index is 12.5. The monoisotopic (exact) mass is 327 g/mol. The molecule has 2 heterocycles. The average Bonchev–Trinajstić information content (AvgIpc) is 2.61. The van der Waals surface area contributed by atoms with Crippen LogP contribution in [0.3, 0.4) is 0 Å². The zero-order chi connectivity index (χ0) is 16.8. The smallest absolute Gasteiger partial charge is 0.293 e. The SMILES string of the molecule is Nc1ccc(Cn2cccc(OCCN3CCCCC3)c2=O)cc1. The summed E-state index contributed by atoms with van der Waals surface area (Å²) < 4.78 is 7.41. The summed E-state index contributed by atoms with van der Waals surface area (Å²) >= 11 is 0. The number of aromatic nitrogens is 1. The molecule has 1 aromatic carbocycles. The van der Waals surface area contributed by atoms with E-state index in [2.05, 4.69) is 4.90 Å². The second kappa shape index (κ2) is 8.02. The fourth-order valence-corrected chi connectivity index (χ4v) is 3.04. The lowest BCUT2D eigenvalue weighted by Gasteiger charge is -2.26. The predicted octanol–water partition coefficient (Wildman–Crippen LogP) is 2.34. The van der Waals surface area contributed by atoms with Crippen LogP contribution in [-0.4, -0.2) is 35.7 Å². The van der Waals surface area contributed by atoms with E-state index < -0.39 is 0 Å². The second-order valence-corrected chi connectivity index (χ2v) is 6.30. The molecule has 3 rings (SSSR count). The van der Waals surface area contributed by atoms with Crippen LogP contribution in [-0.2, 0) is 6.54 Å². The van der Waals surface area contributed by atoms with Crippen molar-refractivity contribution in [3.05, 3.63) is 58.5 Å². The van der Waals surface area contributed by atoms with E-state index >= 15 is 0 Å². The van der Waals surface area contributed by atoms with E-state index in [0.29, 0.717) is 18.9 Å². The minimum Gasteiger partial charge on any atom is -0.487 e. The van der Waals surface area contributed by atoms with Gasteiger partial charge in [-0.1, -0.05) is 18.6 Å². The van der Waals surface area contributed by atoms with E-state index in [-0.39, 0.29) is 5.56 Å². The number of pyridine rings is 1. The van der Waals surface area contributed by atoms with Crippen molar-refractivity contribution < 1.29 is 4.74 Å². The topological polar surface area (TPSA) is 60.5 Å². The molecular formula is C19H25N3O2. The Morgan fingerprint density at radius 2 is 1.79 bits per heavy atom. The van der Waals surface area contributed by atoms with Crippen molar-refractivity contribution in [3.8, 4) is 5.75 Å². The fourth-order valence-electron chi connectivity index (χ4n) is 3.04. The lowest BCUT2D eigenvalue weighted by molar-refractivity contribution is 0.182. The summed E-state index contributed by atoms with van der Waals surface area (Å²) in [7, 11) is 0. The number of nitrogens with two attached hydrogens (primary N) is 1. The molecule has 0 aliphatic carbocycles. The van der Waals surface area contributed by atoms with Crippen LogP contribution >= 0.6 is 0 Å². The predicted molar refractivity (Wildman–Crippen MR) is 96.4 cm³/mol. The molecule has 5 heteroatoms. The van der Waals surface area contributed by atoms with Crippen LogP contribution in [0.5, 0.6) is 5.75 Å². The number of hydrogen-bond acceptors (Lipinski definition) is 4. The van der Waals surface area contributed by atoms with Gasteiger partial charge in [0.2, 0.25) is 0 Å². The molecule has 0 spiro atoms. The van der Waals surface area contributed by atoms with Crippen LogP contribution in [0.15, 0.2) is 47.4 Å². The van der Waals surface area contributed by atoms with Gasteiger partial charge < -0.3 is 15.0 Å². The van der Waals surface area contributed by atoms with Crippen molar-refractivity contribution in [1.82, 2.24) is 9.47 Å². The Morgan fingerprint density at radius 3 is 2.54 bits per heavy atom. The second-order valence-electron chi connectivity index (χ2n) is 6.30. The third-order valence-corrected chi connectivity index (χ3v) is 4.43. The standard InChI is InChI=1S/C19H25N3O2/c20-17-8-6-16(7-9-17)15-22-12-4-5-18(19(22)23)24-14-13-21-10-2-1-3-11-21/h4-9,12H,1-3,10-11,13-15,20H2. The summed E-state index contributed by atoms with van der Waals surface area (Å²) in [5.41, 5.74) is 7.37. The third-order valence-electron chi connectivity index (χ3n) is 4.43. The van der Waals surface area contributed by atoms with Gasteiger partial charge in [0.25, 0.3) is 5.56 Å². The van der Waals surface area contributed by atoms with Gasteiger partial charge in [-0.3, -0.25) is 9.69 Å². The zero-order valence-corrected chi connectivity index (χ0v) is 14.0. The largest absolute Gasteiger partial charge is 0.487 e. The Labute approximate surface area is 142 Å². The summed E-state index contributed by atoms with van der Waals surface area (Å²) in [6.07, 6.45) is 5.64. The van der Waals surface area contributed by atoms with E-state index in [4.69, 9.17) is 10.5 Å². The minimum absolute atomic E-state index is 0.0898.